The Morgan fingerprint density at radius 1 is 1.15 bits per heavy atom. The first-order valence-electron chi connectivity index (χ1n) is 10.2. The largest absolute Gasteiger partial charge is 0.273 e. The third-order valence-corrected chi connectivity index (χ3v) is 6.50. The van der Waals surface area contributed by atoms with Crippen molar-refractivity contribution >= 4 is 46.6 Å². The van der Waals surface area contributed by atoms with Crippen LogP contribution < -0.4 is 0 Å². The van der Waals surface area contributed by atoms with Crippen LogP contribution in [0.25, 0.3) is 0 Å². The molecule has 2 aliphatic rings. The van der Waals surface area contributed by atoms with Crippen molar-refractivity contribution in [3.05, 3.63) is 85.4 Å². The van der Waals surface area contributed by atoms with E-state index in [1.807, 2.05) is 13.0 Å². The van der Waals surface area contributed by atoms with Gasteiger partial charge in [0.1, 0.15) is 0 Å². The number of carbonyl (C=O) groups is 3. The first kappa shape index (κ1) is 22.9. The molecule has 10 heteroatoms. The molecule has 0 radical (unpaired) electrons. The standard InChI is InChI=1S/C23H19Cl2N3O5/c1-13-5-8-18-19(9-13)23(31)27(22(18)30)26(12-15-6-7-16(24)11-20(15)25)21(29)14-3-2-4-17(10-14)28(32)33/h2-7,10-11,18-19H,8-9,12H2,1H3/t18-,19-/m1/s1. The van der Waals surface area contributed by atoms with Gasteiger partial charge in [0.2, 0.25) is 0 Å². The summed E-state index contributed by atoms with van der Waals surface area (Å²) >= 11 is 12.3. The Labute approximate surface area is 199 Å². The summed E-state index contributed by atoms with van der Waals surface area (Å²) in [5, 5.41) is 13.8. The van der Waals surface area contributed by atoms with Gasteiger partial charge in [0.15, 0.2) is 0 Å². The van der Waals surface area contributed by atoms with Crippen molar-refractivity contribution in [1.29, 1.82) is 0 Å². The van der Waals surface area contributed by atoms with Crippen LogP contribution in [0, 0.1) is 22.0 Å². The van der Waals surface area contributed by atoms with E-state index in [0.29, 0.717) is 23.4 Å². The number of nitro groups is 1. The summed E-state index contributed by atoms with van der Waals surface area (Å²) in [6.07, 6.45) is 2.78. The molecular formula is C23H19Cl2N3O5. The molecule has 1 aliphatic heterocycles. The number of nitrogens with zero attached hydrogens (tertiary/aromatic N) is 3. The van der Waals surface area contributed by atoms with Crippen molar-refractivity contribution in [3.63, 3.8) is 0 Å². The highest BCUT2D eigenvalue weighted by molar-refractivity contribution is 6.35. The lowest BCUT2D eigenvalue weighted by atomic mass is 9.82. The van der Waals surface area contributed by atoms with Gasteiger partial charge in [-0.05, 0) is 43.5 Å². The topological polar surface area (TPSA) is 101 Å². The van der Waals surface area contributed by atoms with Crippen LogP contribution >= 0.6 is 23.2 Å². The minimum atomic E-state index is -0.727. The van der Waals surface area contributed by atoms with Gasteiger partial charge < -0.3 is 0 Å². The second kappa shape index (κ2) is 8.96. The normalized spacial score (nSPS) is 19.8. The SMILES string of the molecule is CC1=CC[C@H]2C(=O)N(N(Cc3ccc(Cl)cc3Cl)C(=O)c3cccc([N+](=O)[O-])c3)C(=O)[C@@H]2C1. The zero-order valence-electron chi connectivity index (χ0n) is 17.5. The number of imide groups is 1. The Kier molecular flexibility index (Phi) is 6.23. The highest BCUT2D eigenvalue weighted by Crippen LogP contribution is 2.39. The number of nitro benzene ring substituents is 1. The Hall–Kier alpha value is -3.23. The number of hydrazine groups is 1. The van der Waals surface area contributed by atoms with Gasteiger partial charge in [-0.1, -0.05) is 47.0 Å². The first-order valence-corrected chi connectivity index (χ1v) is 11.0. The molecule has 3 amide bonds. The van der Waals surface area contributed by atoms with Gasteiger partial charge in [-0.15, -0.1) is 0 Å². The molecule has 0 unspecified atom stereocenters. The molecule has 170 valence electrons. The summed E-state index contributed by atoms with van der Waals surface area (Å²) in [4.78, 5) is 50.7. The van der Waals surface area contributed by atoms with E-state index in [9.17, 15) is 24.5 Å². The highest BCUT2D eigenvalue weighted by atomic mass is 35.5. The molecule has 2 aromatic rings. The van der Waals surface area contributed by atoms with Crippen LogP contribution in [-0.4, -0.2) is 32.7 Å². The van der Waals surface area contributed by atoms with E-state index in [0.717, 1.165) is 21.7 Å². The number of non-ortho nitro benzene ring substituents is 1. The lowest BCUT2D eigenvalue weighted by Crippen LogP contribution is -2.49. The van der Waals surface area contributed by atoms with Crippen LogP contribution in [0.1, 0.15) is 35.7 Å². The molecule has 1 heterocycles. The number of allylic oxidation sites excluding steroid dienone is 2. The molecule has 33 heavy (non-hydrogen) atoms. The molecule has 0 saturated carbocycles. The Morgan fingerprint density at radius 3 is 2.58 bits per heavy atom. The van der Waals surface area contributed by atoms with Gasteiger partial charge >= 0.3 is 0 Å². The van der Waals surface area contributed by atoms with E-state index >= 15 is 0 Å². The quantitative estimate of drug-likeness (QED) is 0.261. The number of fused-ring (bicyclic) bond motifs is 1. The van der Waals surface area contributed by atoms with Crippen LogP contribution in [0.15, 0.2) is 54.1 Å². The van der Waals surface area contributed by atoms with E-state index in [1.165, 1.54) is 24.3 Å². The summed E-state index contributed by atoms with van der Waals surface area (Å²) in [5.41, 5.74) is 1.16. The number of amides is 3. The summed E-state index contributed by atoms with van der Waals surface area (Å²) in [5.74, 6) is -2.78. The molecule has 1 aliphatic carbocycles. The summed E-state index contributed by atoms with van der Waals surface area (Å²) in [7, 11) is 0. The number of hydrogen-bond acceptors (Lipinski definition) is 5. The lowest BCUT2D eigenvalue weighted by Gasteiger charge is -2.31. The van der Waals surface area contributed by atoms with Crippen molar-refractivity contribution in [2.75, 3.05) is 0 Å². The number of rotatable bonds is 5. The molecule has 4 rings (SSSR count). The van der Waals surface area contributed by atoms with Crippen molar-refractivity contribution in [2.24, 2.45) is 11.8 Å². The van der Waals surface area contributed by atoms with Crippen LogP contribution in [0.3, 0.4) is 0 Å². The zero-order valence-corrected chi connectivity index (χ0v) is 19.0. The maximum absolute atomic E-state index is 13.5. The minimum Gasteiger partial charge on any atom is -0.272 e. The first-order chi connectivity index (χ1) is 15.7. The highest BCUT2D eigenvalue weighted by Gasteiger charge is 2.51. The van der Waals surface area contributed by atoms with E-state index in [-0.39, 0.29) is 22.8 Å². The van der Waals surface area contributed by atoms with Crippen molar-refractivity contribution in [1.82, 2.24) is 10.0 Å². The van der Waals surface area contributed by atoms with Crippen LogP contribution in [0.4, 0.5) is 5.69 Å². The molecule has 2 aromatic carbocycles. The van der Waals surface area contributed by atoms with Gasteiger partial charge in [-0.2, -0.15) is 5.01 Å². The smallest absolute Gasteiger partial charge is 0.272 e. The van der Waals surface area contributed by atoms with E-state index in [2.05, 4.69) is 0 Å². The third-order valence-electron chi connectivity index (χ3n) is 5.91. The zero-order chi connectivity index (χ0) is 23.9. The van der Waals surface area contributed by atoms with Gasteiger partial charge in [0, 0.05) is 27.7 Å². The Balaban J connectivity index is 1.75. The number of carbonyl (C=O) groups excluding carboxylic acids is 3. The molecule has 0 bridgehead atoms. The maximum atomic E-state index is 13.5. The van der Waals surface area contributed by atoms with Crippen molar-refractivity contribution in [3.8, 4) is 0 Å². The number of benzene rings is 2. The van der Waals surface area contributed by atoms with Gasteiger partial charge in [0.05, 0.1) is 23.3 Å². The van der Waals surface area contributed by atoms with Crippen molar-refractivity contribution in [2.45, 2.75) is 26.3 Å². The minimum absolute atomic E-state index is 0.0286. The Morgan fingerprint density at radius 2 is 1.88 bits per heavy atom. The Bertz CT molecular complexity index is 1210. The van der Waals surface area contributed by atoms with E-state index in [4.69, 9.17) is 23.2 Å². The molecule has 0 aromatic heterocycles. The molecular weight excluding hydrogens is 469 g/mol. The summed E-state index contributed by atoms with van der Waals surface area (Å²) < 4.78 is 0. The van der Waals surface area contributed by atoms with E-state index in [1.54, 1.807) is 12.1 Å². The van der Waals surface area contributed by atoms with Crippen LogP contribution in [0.5, 0.6) is 0 Å². The average molecular weight is 488 g/mol. The molecule has 2 atom stereocenters. The maximum Gasteiger partial charge on any atom is 0.273 e. The average Bonchev–Trinajstić information content (AvgIpc) is 3.02. The van der Waals surface area contributed by atoms with Crippen LogP contribution in [-0.2, 0) is 16.1 Å². The summed E-state index contributed by atoms with van der Waals surface area (Å²) in [6.45, 7) is 1.71. The van der Waals surface area contributed by atoms with Crippen molar-refractivity contribution < 1.29 is 19.3 Å². The number of hydrogen-bond donors (Lipinski definition) is 0. The fraction of sp³-hybridized carbons (Fsp3) is 0.261. The predicted molar refractivity (Wildman–Crippen MR) is 121 cm³/mol. The third kappa shape index (κ3) is 4.36. The molecule has 8 nitrogen and oxygen atoms in total. The molecule has 0 spiro atoms. The predicted octanol–water partition coefficient (Wildman–Crippen LogP) is 4.80. The molecule has 1 fully saturated rings. The lowest BCUT2D eigenvalue weighted by molar-refractivity contribution is -0.384. The molecule has 0 N–H and O–H groups in total. The summed E-state index contributed by atoms with van der Waals surface area (Å²) in [6, 6.07) is 9.82. The molecule has 1 saturated heterocycles. The second-order valence-corrected chi connectivity index (χ2v) is 8.94. The monoisotopic (exact) mass is 487 g/mol. The fourth-order valence-corrected chi connectivity index (χ4v) is 4.67. The second-order valence-electron chi connectivity index (χ2n) is 8.10. The van der Waals surface area contributed by atoms with E-state index < -0.39 is 34.5 Å². The fourth-order valence-electron chi connectivity index (χ4n) is 4.20. The van der Waals surface area contributed by atoms with Gasteiger partial charge in [-0.25, -0.2) is 5.01 Å². The van der Waals surface area contributed by atoms with Crippen LogP contribution in [0.2, 0.25) is 10.0 Å². The van der Waals surface area contributed by atoms with Gasteiger partial charge in [-0.3, -0.25) is 24.5 Å². The van der Waals surface area contributed by atoms with Gasteiger partial charge in [0.25, 0.3) is 23.4 Å². The number of halogens is 2.